The van der Waals surface area contributed by atoms with Crippen molar-refractivity contribution in [2.75, 3.05) is 25.5 Å². The average molecular weight is 326 g/mol. The Kier molecular flexibility index (Phi) is 6.86. The number of amides is 1. The Labute approximate surface area is 141 Å². The summed E-state index contributed by atoms with van der Waals surface area (Å²) in [6.07, 6.45) is 3.88. The van der Waals surface area contributed by atoms with Crippen molar-refractivity contribution in [1.29, 1.82) is 0 Å². The second-order valence-electron chi connectivity index (χ2n) is 5.23. The van der Waals surface area contributed by atoms with Crippen LogP contribution in [0.3, 0.4) is 0 Å². The molecule has 5 nitrogen and oxygen atoms in total. The molecule has 2 aromatic rings. The van der Waals surface area contributed by atoms with Gasteiger partial charge in [0.25, 0.3) is 0 Å². The molecule has 2 aromatic carbocycles. The molecule has 24 heavy (non-hydrogen) atoms. The number of hydrogen-bond acceptors (Lipinski definition) is 4. The summed E-state index contributed by atoms with van der Waals surface area (Å²) in [6, 6.07) is 15.5. The summed E-state index contributed by atoms with van der Waals surface area (Å²) in [5, 5.41) is 11.2. The van der Waals surface area contributed by atoms with Crippen molar-refractivity contribution in [3.05, 3.63) is 65.7 Å². The molecule has 0 fully saturated rings. The third-order valence-electron chi connectivity index (χ3n) is 3.36. The van der Waals surface area contributed by atoms with Crippen LogP contribution in [0.5, 0.6) is 5.75 Å². The monoisotopic (exact) mass is 326 g/mol. The van der Waals surface area contributed by atoms with E-state index in [-0.39, 0.29) is 19.1 Å². The van der Waals surface area contributed by atoms with Gasteiger partial charge in [-0.1, -0.05) is 36.4 Å². The normalized spacial score (nSPS) is 10.7. The quantitative estimate of drug-likeness (QED) is 0.512. The first-order valence-corrected chi connectivity index (χ1v) is 7.82. The van der Waals surface area contributed by atoms with Gasteiger partial charge in [0.15, 0.2) is 0 Å². The Balaban J connectivity index is 1.87. The van der Waals surface area contributed by atoms with Crippen LogP contribution in [-0.4, -0.2) is 30.8 Å². The van der Waals surface area contributed by atoms with Crippen molar-refractivity contribution >= 4 is 17.7 Å². The van der Waals surface area contributed by atoms with Crippen molar-refractivity contribution in [2.24, 2.45) is 0 Å². The number of anilines is 1. The largest absolute Gasteiger partial charge is 0.491 e. The Morgan fingerprint density at radius 3 is 2.71 bits per heavy atom. The fourth-order valence-corrected chi connectivity index (χ4v) is 2.14. The lowest BCUT2D eigenvalue weighted by molar-refractivity contribution is -0.116. The molecule has 0 aliphatic carbocycles. The second kappa shape index (κ2) is 9.37. The smallest absolute Gasteiger partial charge is 0.244 e. The highest BCUT2D eigenvalue weighted by Gasteiger charge is 2.02. The molecule has 0 aromatic heterocycles. The number of benzene rings is 2. The minimum absolute atomic E-state index is 0.0818. The van der Waals surface area contributed by atoms with E-state index in [1.54, 1.807) is 18.2 Å². The zero-order chi connectivity index (χ0) is 17.2. The highest BCUT2D eigenvalue weighted by Crippen LogP contribution is 2.23. The van der Waals surface area contributed by atoms with Gasteiger partial charge in [0, 0.05) is 19.0 Å². The number of rotatable bonds is 8. The predicted molar refractivity (Wildman–Crippen MR) is 95.6 cm³/mol. The van der Waals surface area contributed by atoms with E-state index in [1.165, 1.54) is 11.6 Å². The summed E-state index contributed by atoms with van der Waals surface area (Å²) in [5.41, 5.74) is 8.54. The van der Waals surface area contributed by atoms with Gasteiger partial charge in [0.2, 0.25) is 5.91 Å². The fraction of sp³-hybridized carbons (Fsp3) is 0.211. The lowest BCUT2D eigenvalue weighted by Gasteiger charge is -2.09. The zero-order valence-corrected chi connectivity index (χ0v) is 13.4. The second-order valence-corrected chi connectivity index (χ2v) is 5.23. The van der Waals surface area contributed by atoms with E-state index >= 15 is 0 Å². The van der Waals surface area contributed by atoms with Crippen molar-refractivity contribution in [2.45, 2.75) is 6.42 Å². The number of nitrogens with two attached hydrogens (primary N) is 1. The van der Waals surface area contributed by atoms with Crippen LogP contribution in [0.2, 0.25) is 0 Å². The van der Waals surface area contributed by atoms with E-state index in [0.29, 0.717) is 18.0 Å². The molecule has 0 atom stereocenters. The zero-order valence-electron chi connectivity index (χ0n) is 13.4. The lowest BCUT2D eigenvalue weighted by atomic mass is 10.1. The molecule has 0 heterocycles. The molecule has 0 spiro atoms. The van der Waals surface area contributed by atoms with Crippen molar-refractivity contribution in [1.82, 2.24) is 5.32 Å². The molecule has 126 valence electrons. The van der Waals surface area contributed by atoms with E-state index in [9.17, 15) is 4.79 Å². The number of aliphatic hydroxyl groups is 1. The van der Waals surface area contributed by atoms with Gasteiger partial charge in [-0.3, -0.25) is 4.79 Å². The highest BCUT2D eigenvalue weighted by atomic mass is 16.5. The van der Waals surface area contributed by atoms with Crippen LogP contribution in [0.15, 0.2) is 54.6 Å². The summed E-state index contributed by atoms with van der Waals surface area (Å²) in [7, 11) is 0. The Morgan fingerprint density at radius 1 is 1.21 bits per heavy atom. The Hall–Kier alpha value is -2.79. The van der Waals surface area contributed by atoms with E-state index in [4.69, 9.17) is 15.6 Å². The topological polar surface area (TPSA) is 84.6 Å². The van der Waals surface area contributed by atoms with Crippen LogP contribution >= 0.6 is 0 Å². The predicted octanol–water partition coefficient (Wildman–Crippen LogP) is 2.01. The molecule has 0 aliphatic rings. The van der Waals surface area contributed by atoms with E-state index < -0.39 is 0 Å². The third-order valence-corrected chi connectivity index (χ3v) is 3.36. The molecule has 0 unspecified atom stereocenters. The van der Waals surface area contributed by atoms with Crippen LogP contribution < -0.4 is 15.8 Å². The summed E-state index contributed by atoms with van der Waals surface area (Å²) < 4.78 is 5.72. The Morgan fingerprint density at radius 2 is 2.00 bits per heavy atom. The maximum Gasteiger partial charge on any atom is 0.244 e. The first-order valence-electron chi connectivity index (χ1n) is 7.82. The number of nitrogen functional groups attached to an aromatic ring is 1. The van der Waals surface area contributed by atoms with Crippen LogP contribution in [0.25, 0.3) is 6.08 Å². The Bertz CT molecular complexity index is 684. The van der Waals surface area contributed by atoms with E-state index in [2.05, 4.69) is 17.4 Å². The van der Waals surface area contributed by atoms with Gasteiger partial charge in [-0.25, -0.2) is 0 Å². The number of ether oxygens (including phenoxy) is 1. The minimum Gasteiger partial charge on any atom is -0.491 e. The number of carbonyl (C=O) groups excluding carboxylic acids is 1. The molecular weight excluding hydrogens is 304 g/mol. The first-order chi connectivity index (χ1) is 11.7. The van der Waals surface area contributed by atoms with Gasteiger partial charge >= 0.3 is 0 Å². The maximum absolute atomic E-state index is 11.4. The van der Waals surface area contributed by atoms with Gasteiger partial charge in [-0.05, 0) is 29.3 Å². The molecule has 0 radical (unpaired) electrons. The number of carbonyl (C=O) groups is 1. The first kappa shape index (κ1) is 17.6. The third kappa shape index (κ3) is 5.78. The SMILES string of the molecule is Nc1cc(/C=C\C(=O)NCCO)ccc1OCCc1ccccc1. The molecule has 1 amide bonds. The van der Waals surface area contributed by atoms with Crippen molar-refractivity contribution in [3.63, 3.8) is 0 Å². The molecule has 5 heteroatoms. The van der Waals surface area contributed by atoms with Crippen LogP contribution in [0.4, 0.5) is 5.69 Å². The fourth-order valence-electron chi connectivity index (χ4n) is 2.14. The van der Waals surface area contributed by atoms with Gasteiger partial charge in [-0.2, -0.15) is 0 Å². The van der Waals surface area contributed by atoms with Crippen LogP contribution in [0.1, 0.15) is 11.1 Å². The molecule has 0 saturated carbocycles. The maximum atomic E-state index is 11.4. The summed E-state index contributed by atoms with van der Waals surface area (Å²) >= 11 is 0. The van der Waals surface area contributed by atoms with E-state index in [1.807, 2.05) is 24.3 Å². The van der Waals surface area contributed by atoms with E-state index in [0.717, 1.165) is 12.0 Å². The average Bonchev–Trinajstić information content (AvgIpc) is 2.60. The van der Waals surface area contributed by atoms with Gasteiger partial charge in [-0.15, -0.1) is 0 Å². The standard InChI is InChI=1S/C19H22N2O3/c20-17-14-16(7-9-19(23)21-11-12-22)6-8-18(17)24-13-10-15-4-2-1-3-5-15/h1-9,14,22H,10-13,20H2,(H,21,23)/b9-7-. The van der Waals surface area contributed by atoms with Crippen LogP contribution in [-0.2, 0) is 11.2 Å². The van der Waals surface area contributed by atoms with Crippen molar-refractivity contribution < 1.29 is 14.6 Å². The number of nitrogens with one attached hydrogen (secondary N) is 1. The molecule has 0 saturated heterocycles. The van der Waals surface area contributed by atoms with Crippen molar-refractivity contribution in [3.8, 4) is 5.75 Å². The van der Waals surface area contributed by atoms with Gasteiger partial charge < -0.3 is 20.9 Å². The highest BCUT2D eigenvalue weighted by molar-refractivity contribution is 5.91. The molecular formula is C19H22N2O3. The summed E-state index contributed by atoms with van der Waals surface area (Å²) in [4.78, 5) is 11.4. The number of aliphatic hydroxyl groups excluding tert-OH is 1. The van der Waals surface area contributed by atoms with Crippen LogP contribution in [0, 0.1) is 0 Å². The minimum atomic E-state index is -0.259. The molecule has 2 rings (SSSR count). The summed E-state index contributed by atoms with van der Waals surface area (Å²) in [5.74, 6) is 0.374. The number of hydrogen-bond donors (Lipinski definition) is 3. The van der Waals surface area contributed by atoms with Gasteiger partial charge in [0.05, 0.1) is 18.9 Å². The molecule has 0 aliphatic heterocycles. The lowest BCUT2D eigenvalue weighted by Crippen LogP contribution is -2.24. The molecule has 0 bridgehead atoms. The van der Waals surface area contributed by atoms with Gasteiger partial charge in [0.1, 0.15) is 5.75 Å². The molecule has 4 N–H and O–H groups in total. The summed E-state index contributed by atoms with van der Waals surface area (Å²) in [6.45, 7) is 0.702.